The predicted octanol–water partition coefficient (Wildman–Crippen LogP) is 1.56. The summed E-state index contributed by atoms with van der Waals surface area (Å²) in [6, 6.07) is 6.58. The molecule has 3 rings (SSSR count). The van der Waals surface area contributed by atoms with Gasteiger partial charge in [-0.25, -0.2) is 0 Å². The summed E-state index contributed by atoms with van der Waals surface area (Å²) in [5, 5.41) is 3.47. The number of nitrogens with zero attached hydrogens (tertiary/aromatic N) is 1. The summed E-state index contributed by atoms with van der Waals surface area (Å²) < 4.78 is 11.2. The molecule has 1 atom stereocenters. The normalized spacial score (nSPS) is 21.7. The molecule has 1 aliphatic carbocycles. The van der Waals surface area contributed by atoms with E-state index in [1.165, 1.54) is 18.4 Å². The molecule has 1 aromatic rings. The van der Waals surface area contributed by atoms with Gasteiger partial charge in [-0.15, -0.1) is 0 Å². The summed E-state index contributed by atoms with van der Waals surface area (Å²) in [5.74, 6) is 1.37. The molecule has 1 N–H and O–H groups in total. The SMILES string of the molecule is COc1cc(CNC2CC2)ccc1OC1CCN(C)C1=O. The Morgan fingerprint density at radius 1 is 1.29 bits per heavy atom. The van der Waals surface area contributed by atoms with Crippen molar-refractivity contribution in [3.8, 4) is 11.5 Å². The molecule has 21 heavy (non-hydrogen) atoms. The molecule has 1 unspecified atom stereocenters. The third-order valence-corrected chi connectivity index (χ3v) is 4.05. The third kappa shape index (κ3) is 3.29. The largest absolute Gasteiger partial charge is 0.493 e. The van der Waals surface area contributed by atoms with E-state index in [1.54, 1.807) is 19.1 Å². The smallest absolute Gasteiger partial charge is 0.263 e. The first kappa shape index (κ1) is 14.2. The second-order valence-electron chi connectivity index (χ2n) is 5.80. The number of carbonyl (C=O) groups excluding carboxylic acids is 1. The Hall–Kier alpha value is -1.75. The van der Waals surface area contributed by atoms with Gasteiger partial charge in [-0.3, -0.25) is 4.79 Å². The maximum Gasteiger partial charge on any atom is 0.263 e. The summed E-state index contributed by atoms with van der Waals surface area (Å²) in [5.41, 5.74) is 1.17. The van der Waals surface area contributed by atoms with Crippen molar-refractivity contribution in [1.29, 1.82) is 0 Å². The average molecular weight is 290 g/mol. The van der Waals surface area contributed by atoms with Crippen LogP contribution in [0.1, 0.15) is 24.8 Å². The Bertz CT molecular complexity index is 528. The number of hydrogen-bond donors (Lipinski definition) is 1. The summed E-state index contributed by atoms with van der Waals surface area (Å²) in [6.45, 7) is 1.58. The number of amides is 1. The van der Waals surface area contributed by atoms with Crippen LogP contribution in [-0.2, 0) is 11.3 Å². The fourth-order valence-corrected chi connectivity index (χ4v) is 2.52. The number of ether oxygens (including phenoxy) is 2. The molecule has 114 valence electrons. The van der Waals surface area contributed by atoms with Crippen molar-refractivity contribution in [1.82, 2.24) is 10.2 Å². The maximum atomic E-state index is 11.9. The van der Waals surface area contributed by atoms with Crippen molar-refractivity contribution in [3.05, 3.63) is 23.8 Å². The second-order valence-corrected chi connectivity index (χ2v) is 5.80. The van der Waals surface area contributed by atoms with Gasteiger partial charge in [-0.1, -0.05) is 6.07 Å². The number of carbonyl (C=O) groups is 1. The molecule has 2 fully saturated rings. The van der Waals surface area contributed by atoms with Crippen LogP contribution >= 0.6 is 0 Å². The Labute approximate surface area is 125 Å². The molecular weight excluding hydrogens is 268 g/mol. The van der Waals surface area contributed by atoms with E-state index in [1.807, 2.05) is 18.2 Å². The van der Waals surface area contributed by atoms with Gasteiger partial charge < -0.3 is 19.7 Å². The van der Waals surface area contributed by atoms with E-state index in [9.17, 15) is 4.79 Å². The highest BCUT2D eigenvalue weighted by Crippen LogP contribution is 2.31. The topological polar surface area (TPSA) is 50.8 Å². The van der Waals surface area contributed by atoms with Crippen LogP contribution in [-0.4, -0.2) is 43.7 Å². The molecular formula is C16H22N2O3. The van der Waals surface area contributed by atoms with E-state index in [-0.39, 0.29) is 12.0 Å². The van der Waals surface area contributed by atoms with Gasteiger partial charge in [0, 0.05) is 32.6 Å². The van der Waals surface area contributed by atoms with Gasteiger partial charge >= 0.3 is 0 Å². The van der Waals surface area contributed by atoms with Crippen LogP contribution < -0.4 is 14.8 Å². The molecule has 0 bridgehead atoms. The quantitative estimate of drug-likeness (QED) is 0.864. The molecule has 0 aromatic heterocycles. The van der Waals surface area contributed by atoms with E-state index < -0.39 is 0 Å². The lowest BCUT2D eigenvalue weighted by atomic mass is 10.2. The number of hydrogen-bond acceptors (Lipinski definition) is 4. The number of methoxy groups -OCH3 is 1. The Morgan fingerprint density at radius 2 is 2.10 bits per heavy atom. The lowest BCUT2D eigenvalue weighted by Crippen LogP contribution is -2.29. The monoisotopic (exact) mass is 290 g/mol. The van der Waals surface area contributed by atoms with Crippen molar-refractivity contribution in [2.75, 3.05) is 20.7 Å². The van der Waals surface area contributed by atoms with Crippen LogP contribution in [0, 0.1) is 0 Å². The van der Waals surface area contributed by atoms with Crippen molar-refractivity contribution in [3.63, 3.8) is 0 Å². The highest BCUT2D eigenvalue weighted by atomic mass is 16.5. The molecule has 5 heteroatoms. The Morgan fingerprint density at radius 3 is 2.71 bits per heavy atom. The maximum absolute atomic E-state index is 11.9. The van der Waals surface area contributed by atoms with Gasteiger partial charge in [0.05, 0.1) is 7.11 Å². The van der Waals surface area contributed by atoms with Crippen LogP contribution in [0.5, 0.6) is 11.5 Å². The summed E-state index contributed by atoms with van der Waals surface area (Å²) in [7, 11) is 3.43. The molecule has 0 spiro atoms. The van der Waals surface area contributed by atoms with Crippen LogP contribution in [0.4, 0.5) is 0 Å². The molecule has 1 amide bonds. The van der Waals surface area contributed by atoms with Gasteiger partial charge in [0.15, 0.2) is 17.6 Å². The van der Waals surface area contributed by atoms with E-state index >= 15 is 0 Å². The van der Waals surface area contributed by atoms with Crippen LogP contribution in [0.3, 0.4) is 0 Å². The number of nitrogens with one attached hydrogen (secondary N) is 1. The number of likely N-dealkylation sites (tertiary alicyclic amines) is 1. The highest BCUT2D eigenvalue weighted by molar-refractivity contribution is 5.83. The summed E-state index contributed by atoms with van der Waals surface area (Å²) in [4.78, 5) is 13.6. The van der Waals surface area contributed by atoms with Gasteiger partial charge in [-0.05, 0) is 30.5 Å². The molecule has 1 aliphatic heterocycles. The molecule has 2 aliphatic rings. The van der Waals surface area contributed by atoms with Crippen molar-refractivity contribution in [2.24, 2.45) is 0 Å². The van der Waals surface area contributed by atoms with E-state index in [0.717, 1.165) is 19.5 Å². The van der Waals surface area contributed by atoms with Crippen LogP contribution in [0.15, 0.2) is 18.2 Å². The van der Waals surface area contributed by atoms with Gasteiger partial charge in [0.25, 0.3) is 5.91 Å². The number of rotatable bonds is 6. The Kier molecular flexibility index (Phi) is 4.01. The predicted molar refractivity (Wildman–Crippen MR) is 79.5 cm³/mol. The fraction of sp³-hybridized carbons (Fsp3) is 0.562. The zero-order valence-corrected chi connectivity index (χ0v) is 12.6. The molecule has 1 saturated heterocycles. The molecule has 1 saturated carbocycles. The van der Waals surface area contributed by atoms with Crippen LogP contribution in [0.25, 0.3) is 0 Å². The van der Waals surface area contributed by atoms with Crippen molar-refractivity contribution < 1.29 is 14.3 Å². The number of likely N-dealkylation sites (N-methyl/N-ethyl adjacent to an activating group) is 1. The summed E-state index contributed by atoms with van der Waals surface area (Å²) in [6.07, 6.45) is 2.88. The van der Waals surface area contributed by atoms with Gasteiger partial charge in [0.2, 0.25) is 0 Å². The number of benzene rings is 1. The first-order chi connectivity index (χ1) is 10.2. The average Bonchev–Trinajstić information content (AvgIpc) is 3.28. The lowest BCUT2D eigenvalue weighted by molar-refractivity contribution is -0.132. The highest BCUT2D eigenvalue weighted by Gasteiger charge is 2.31. The minimum atomic E-state index is -0.390. The first-order valence-corrected chi connectivity index (χ1v) is 7.49. The van der Waals surface area contributed by atoms with E-state index in [2.05, 4.69) is 5.32 Å². The molecule has 1 aromatic carbocycles. The molecule has 0 radical (unpaired) electrons. The lowest BCUT2D eigenvalue weighted by Gasteiger charge is -2.16. The van der Waals surface area contributed by atoms with Crippen molar-refractivity contribution in [2.45, 2.75) is 38.0 Å². The minimum Gasteiger partial charge on any atom is -0.493 e. The van der Waals surface area contributed by atoms with E-state index in [4.69, 9.17) is 9.47 Å². The fourth-order valence-electron chi connectivity index (χ4n) is 2.52. The van der Waals surface area contributed by atoms with Crippen LogP contribution in [0.2, 0.25) is 0 Å². The minimum absolute atomic E-state index is 0.0385. The standard InChI is InChI=1S/C16H22N2O3/c1-18-8-7-14(16(18)19)21-13-6-3-11(9-15(13)20-2)10-17-12-4-5-12/h3,6,9,12,14,17H,4-5,7-8,10H2,1-2H3. The van der Waals surface area contributed by atoms with E-state index in [0.29, 0.717) is 17.5 Å². The first-order valence-electron chi connectivity index (χ1n) is 7.49. The second kappa shape index (κ2) is 5.93. The zero-order chi connectivity index (χ0) is 14.8. The summed E-state index contributed by atoms with van der Waals surface area (Å²) >= 11 is 0. The van der Waals surface area contributed by atoms with Crippen molar-refractivity contribution >= 4 is 5.91 Å². The van der Waals surface area contributed by atoms with Gasteiger partial charge in [0.1, 0.15) is 0 Å². The van der Waals surface area contributed by atoms with Gasteiger partial charge in [-0.2, -0.15) is 0 Å². The molecule has 5 nitrogen and oxygen atoms in total. The third-order valence-electron chi connectivity index (χ3n) is 4.05. The zero-order valence-electron chi connectivity index (χ0n) is 12.6. The molecule has 1 heterocycles. The Balaban J connectivity index is 1.67.